The van der Waals surface area contributed by atoms with Crippen molar-refractivity contribution in [3.63, 3.8) is 0 Å². The van der Waals surface area contributed by atoms with Gasteiger partial charge in [0.05, 0.1) is 5.92 Å². The van der Waals surface area contributed by atoms with Gasteiger partial charge < -0.3 is 9.80 Å². The van der Waals surface area contributed by atoms with E-state index in [-0.39, 0.29) is 23.6 Å². The summed E-state index contributed by atoms with van der Waals surface area (Å²) >= 11 is 5.62. The lowest BCUT2D eigenvalue weighted by molar-refractivity contribution is -0.138. The Morgan fingerprint density at radius 2 is 1.24 bits per heavy atom. The summed E-state index contributed by atoms with van der Waals surface area (Å²) in [7, 11) is 0. The maximum absolute atomic E-state index is 13.2. The highest BCUT2D eigenvalue weighted by atomic mass is 35.5. The van der Waals surface area contributed by atoms with E-state index >= 15 is 0 Å². The molecule has 0 spiro atoms. The predicted octanol–water partition coefficient (Wildman–Crippen LogP) is 2.73. The van der Waals surface area contributed by atoms with Gasteiger partial charge in [0, 0.05) is 26.2 Å². The number of rotatable bonds is 4. The molecule has 4 nitrogen and oxygen atoms in total. The van der Waals surface area contributed by atoms with E-state index < -0.39 is 0 Å². The third-order valence-corrected chi connectivity index (χ3v) is 4.80. The molecule has 0 radical (unpaired) electrons. The van der Waals surface area contributed by atoms with Crippen LogP contribution in [0.25, 0.3) is 0 Å². The number of piperazine rings is 1. The SMILES string of the molecule is O=C(CCl)N1CCN(C(=O)C(c2ccccc2)c2ccccc2)CC1. The van der Waals surface area contributed by atoms with E-state index in [0.717, 1.165) is 11.1 Å². The standard InChI is InChI=1S/C20H21ClN2O2/c21-15-18(24)22-11-13-23(14-12-22)20(25)19(16-7-3-1-4-8-16)17-9-5-2-6-10-17/h1-10,19H,11-15H2. The van der Waals surface area contributed by atoms with E-state index in [1.807, 2.05) is 65.6 Å². The molecule has 0 atom stereocenters. The molecule has 1 fully saturated rings. The van der Waals surface area contributed by atoms with Crippen molar-refractivity contribution in [2.75, 3.05) is 32.1 Å². The van der Waals surface area contributed by atoms with Crippen LogP contribution in [0.5, 0.6) is 0 Å². The zero-order valence-electron chi connectivity index (χ0n) is 14.0. The van der Waals surface area contributed by atoms with Gasteiger partial charge in [-0.15, -0.1) is 11.6 Å². The van der Waals surface area contributed by atoms with Gasteiger partial charge in [0.15, 0.2) is 0 Å². The van der Waals surface area contributed by atoms with Crippen molar-refractivity contribution in [2.45, 2.75) is 5.92 Å². The third-order valence-electron chi connectivity index (χ3n) is 4.57. The fourth-order valence-corrected chi connectivity index (χ4v) is 3.38. The van der Waals surface area contributed by atoms with Crippen LogP contribution in [-0.2, 0) is 9.59 Å². The van der Waals surface area contributed by atoms with Crippen LogP contribution in [0.15, 0.2) is 60.7 Å². The number of amides is 2. The molecule has 0 N–H and O–H groups in total. The fourth-order valence-electron chi connectivity index (χ4n) is 3.21. The molecule has 1 aliphatic heterocycles. The average Bonchev–Trinajstić information content (AvgIpc) is 2.69. The Kier molecular flexibility index (Phi) is 5.71. The Balaban J connectivity index is 1.80. The molecule has 25 heavy (non-hydrogen) atoms. The van der Waals surface area contributed by atoms with Gasteiger partial charge in [-0.1, -0.05) is 60.7 Å². The topological polar surface area (TPSA) is 40.6 Å². The molecule has 2 aromatic carbocycles. The lowest BCUT2D eigenvalue weighted by atomic mass is 9.90. The molecule has 1 saturated heterocycles. The predicted molar refractivity (Wildman–Crippen MR) is 98.6 cm³/mol. The third kappa shape index (κ3) is 4.02. The van der Waals surface area contributed by atoms with Gasteiger partial charge in [-0.05, 0) is 11.1 Å². The Morgan fingerprint density at radius 1 is 0.800 bits per heavy atom. The first-order chi connectivity index (χ1) is 12.2. The van der Waals surface area contributed by atoms with Crippen LogP contribution in [0.4, 0.5) is 0 Å². The van der Waals surface area contributed by atoms with Crippen molar-refractivity contribution in [1.82, 2.24) is 9.80 Å². The smallest absolute Gasteiger partial charge is 0.237 e. The first-order valence-corrected chi connectivity index (χ1v) is 8.96. The summed E-state index contributed by atoms with van der Waals surface area (Å²) < 4.78 is 0. The molecule has 130 valence electrons. The number of carbonyl (C=O) groups excluding carboxylic acids is 2. The van der Waals surface area contributed by atoms with Crippen molar-refractivity contribution in [3.8, 4) is 0 Å². The first kappa shape index (κ1) is 17.5. The molecule has 0 unspecified atom stereocenters. The van der Waals surface area contributed by atoms with E-state index in [0.29, 0.717) is 26.2 Å². The fraction of sp³-hybridized carbons (Fsp3) is 0.300. The second kappa shape index (κ2) is 8.17. The summed E-state index contributed by atoms with van der Waals surface area (Å²) in [6, 6.07) is 19.7. The van der Waals surface area contributed by atoms with Crippen molar-refractivity contribution >= 4 is 23.4 Å². The number of halogens is 1. The van der Waals surface area contributed by atoms with Gasteiger partial charge in [0.1, 0.15) is 5.88 Å². The van der Waals surface area contributed by atoms with Crippen molar-refractivity contribution < 1.29 is 9.59 Å². The van der Waals surface area contributed by atoms with E-state index in [4.69, 9.17) is 11.6 Å². The molecule has 3 rings (SSSR count). The number of carbonyl (C=O) groups is 2. The largest absolute Gasteiger partial charge is 0.338 e. The summed E-state index contributed by atoms with van der Waals surface area (Å²) in [4.78, 5) is 28.5. The second-order valence-corrected chi connectivity index (χ2v) is 6.36. The van der Waals surface area contributed by atoms with Crippen LogP contribution in [0, 0.1) is 0 Å². The lowest BCUT2D eigenvalue weighted by Gasteiger charge is -2.36. The monoisotopic (exact) mass is 356 g/mol. The van der Waals surface area contributed by atoms with E-state index in [2.05, 4.69) is 0 Å². The van der Waals surface area contributed by atoms with Crippen molar-refractivity contribution in [1.29, 1.82) is 0 Å². The van der Waals surface area contributed by atoms with Gasteiger partial charge in [0.25, 0.3) is 0 Å². The number of alkyl halides is 1. The van der Waals surface area contributed by atoms with Gasteiger partial charge >= 0.3 is 0 Å². The van der Waals surface area contributed by atoms with Gasteiger partial charge in [0.2, 0.25) is 11.8 Å². The van der Waals surface area contributed by atoms with Crippen LogP contribution in [-0.4, -0.2) is 53.7 Å². The minimum absolute atomic E-state index is 0.00932. The van der Waals surface area contributed by atoms with Crippen LogP contribution in [0.1, 0.15) is 17.0 Å². The molecule has 1 heterocycles. The first-order valence-electron chi connectivity index (χ1n) is 8.43. The number of nitrogens with zero attached hydrogens (tertiary/aromatic N) is 2. The number of benzene rings is 2. The zero-order chi connectivity index (χ0) is 17.6. The summed E-state index contributed by atoms with van der Waals surface area (Å²) in [5.41, 5.74) is 1.97. The quantitative estimate of drug-likeness (QED) is 0.790. The van der Waals surface area contributed by atoms with Gasteiger partial charge in [-0.3, -0.25) is 9.59 Å². The molecular formula is C20H21ClN2O2. The highest BCUT2D eigenvalue weighted by molar-refractivity contribution is 6.27. The normalized spacial score (nSPS) is 14.6. The highest BCUT2D eigenvalue weighted by Crippen LogP contribution is 2.27. The Labute approximate surface area is 153 Å². The van der Waals surface area contributed by atoms with Gasteiger partial charge in [-0.25, -0.2) is 0 Å². The van der Waals surface area contributed by atoms with E-state index in [1.54, 1.807) is 4.90 Å². The zero-order valence-corrected chi connectivity index (χ0v) is 14.7. The van der Waals surface area contributed by atoms with Gasteiger partial charge in [-0.2, -0.15) is 0 Å². The average molecular weight is 357 g/mol. The lowest BCUT2D eigenvalue weighted by Crippen LogP contribution is -2.52. The number of hydrogen-bond acceptors (Lipinski definition) is 2. The minimum atomic E-state index is -0.322. The molecule has 0 aliphatic carbocycles. The number of hydrogen-bond donors (Lipinski definition) is 0. The van der Waals surface area contributed by atoms with Crippen molar-refractivity contribution in [2.24, 2.45) is 0 Å². The van der Waals surface area contributed by atoms with E-state index in [1.165, 1.54) is 0 Å². The molecule has 1 aliphatic rings. The Bertz CT molecular complexity index is 673. The van der Waals surface area contributed by atoms with Crippen LogP contribution >= 0.6 is 11.6 Å². The van der Waals surface area contributed by atoms with Crippen LogP contribution in [0.3, 0.4) is 0 Å². The summed E-state index contributed by atoms with van der Waals surface area (Å²) in [6.07, 6.45) is 0. The summed E-state index contributed by atoms with van der Waals surface area (Å²) in [6.45, 7) is 2.15. The maximum Gasteiger partial charge on any atom is 0.237 e. The van der Waals surface area contributed by atoms with Crippen LogP contribution < -0.4 is 0 Å². The molecule has 0 bridgehead atoms. The van der Waals surface area contributed by atoms with Crippen LogP contribution in [0.2, 0.25) is 0 Å². The minimum Gasteiger partial charge on any atom is -0.338 e. The maximum atomic E-state index is 13.2. The Hall–Kier alpha value is -2.33. The molecule has 2 amide bonds. The Morgan fingerprint density at radius 3 is 1.68 bits per heavy atom. The van der Waals surface area contributed by atoms with E-state index in [9.17, 15) is 9.59 Å². The molecule has 0 saturated carbocycles. The highest BCUT2D eigenvalue weighted by Gasteiger charge is 2.30. The molecule has 0 aromatic heterocycles. The molecular weight excluding hydrogens is 336 g/mol. The second-order valence-electron chi connectivity index (χ2n) is 6.09. The molecule has 2 aromatic rings. The molecule has 5 heteroatoms. The summed E-state index contributed by atoms with van der Waals surface area (Å²) in [5, 5.41) is 0. The summed E-state index contributed by atoms with van der Waals surface area (Å²) in [5.74, 6) is -0.325. The van der Waals surface area contributed by atoms with Crippen molar-refractivity contribution in [3.05, 3.63) is 71.8 Å².